The molecule has 0 aliphatic carbocycles. The van der Waals surface area contributed by atoms with Crippen molar-refractivity contribution in [3.63, 3.8) is 0 Å². The van der Waals surface area contributed by atoms with E-state index in [0.29, 0.717) is 13.1 Å². The zero-order valence-corrected chi connectivity index (χ0v) is 9.64. The van der Waals surface area contributed by atoms with Gasteiger partial charge in [-0.3, -0.25) is 10.1 Å². The normalized spacial score (nSPS) is 12.7. The fourth-order valence-electron chi connectivity index (χ4n) is 1.19. The third kappa shape index (κ3) is 2.84. The molecular formula is C9H13N3O3S. The lowest BCUT2D eigenvalue weighted by atomic mass is 10.3. The molecule has 1 rings (SSSR count). The van der Waals surface area contributed by atoms with Crippen LogP contribution in [0.15, 0.2) is 29.2 Å². The number of para-hydroxylation sites is 1. The number of nitrogens with two attached hydrogens (primary N) is 1. The summed E-state index contributed by atoms with van der Waals surface area (Å²) in [6.45, 7) is 0.765. The van der Waals surface area contributed by atoms with Crippen LogP contribution in [0.4, 0.5) is 5.69 Å². The van der Waals surface area contributed by atoms with Crippen LogP contribution in [-0.2, 0) is 11.0 Å². The largest absolute Gasteiger partial charge is 0.329 e. The Morgan fingerprint density at radius 3 is 2.69 bits per heavy atom. The van der Waals surface area contributed by atoms with Crippen LogP contribution in [0, 0.1) is 10.1 Å². The number of nitro groups is 1. The molecule has 0 saturated heterocycles. The van der Waals surface area contributed by atoms with Gasteiger partial charge in [-0.1, -0.05) is 12.1 Å². The lowest BCUT2D eigenvalue weighted by Gasteiger charge is -2.14. The zero-order chi connectivity index (χ0) is 12.1. The first-order valence-electron chi connectivity index (χ1n) is 4.64. The molecule has 0 aliphatic rings. The molecule has 2 N–H and O–H groups in total. The highest BCUT2D eigenvalue weighted by molar-refractivity contribution is 7.82. The number of benzene rings is 1. The van der Waals surface area contributed by atoms with E-state index in [2.05, 4.69) is 0 Å². The van der Waals surface area contributed by atoms with Crippen molar-refractivity contribution in [1.29, 1.82) is 0 Å². The highest BCUT2D eigenvalue weighted by Gasteiger charge is 2.20. The van der Waals surface area contributed by atoms with Gasteiger partial charge in [0.25, 0.3) is 5.69 Å². The van der Waals surface area contributed by atoms with Gasteiger partial charge in [0.15, 0.2) is 0 Å². The predicted molar refractivity (Wildman–Crippen MR) is 61.2 cm³/mol. The maximum atomic E-state index is 11.9. The Bertz CT molecular complexity index is 411. The van der Waals surface area contributed by atoms with Crippen molar-refractivity contribution >= 4 is 16.7 Å². The third-order valence-electron chi connectivity index (χ3n) is 1.98. The maximum Gasteiger partial charge on any atom is 0.286 e. The second kappa shape index (κ2) is 5.69. The Labute approximate surface area is 95.8 Å². The summed E-state index contributed by atoms with van der Waals surface area (Å²) in [6.07, 6.45) is 0. The predicted octanol–water partition coefficient (Wildman–Crippen LogP) is 0.508. The molecule has 0 fully saturated rings. The van der Waals surface area contributed by atoms with Gasteiger partial charge < -0.3 is 5.73 Å². The van der Waals surface area contributed by atoms with E-state index < -0.39 is 15.9 Å². The number of rotatable bonds is 5. The van der Waals surface area contributed by atoms with Crippen LogP contribution < -0.4 is 5.73 Å². The van der Waals surface area contributed by atoms with Gasteiger partial charge >= 0.3 is 0 Å². The van der Waals surface area contributed by atoms with E-state index in [4.69, 9.17) is 5.73 Å². The number of likely N-dealkylation sites (N-methyl/N-ethyl adjacent to an activating group) is 1. The molecule has 6 nitrogen and oxygen atoms in total. The summed E-state index contributed by atoms with van der Waals surface area (Å²) in [5, 5.41) is 10.7. The SMILES string of the molecule is CN(CCN)S(=O)c1ccccc1[N+](=O)[O-]. The molecule has 1 aromatic carbocycles. The van der Waals surface area contributed by atoms with Crippen LogP contribution in [0.3, 0.4) is 0 Å². The fourth-order valence-corrected chi connectivity index (χ4v) is 2.31. The molecule has 0 saturated carbocycles. The lowest BCUT2D eigenvalue weighted by Crippen LogP contribution is -2.27. The minimum Gasteiger partial charge on any atom is -0.329 e. The van der Waals surface area contributed by atoms with Crippen LogP contribution in [0.2, 0.25) is 0 Å². The monoisotopic (exact) mass is 243 g/mol. The zero-order valence-electron chi connectivity index (χ0n) is 8.83. The topological polar surface area (TPSA) is 89.5 Å². The Morgan fingerprint density at radius 2 is 2.12 bits per heavy atom. The minimum atomic E-state index is -1.55. The second-order valence-electron chi connectivity index (χ2n) is 3.11. The van der Waals surface area contributed by atoms with Gasteiger partial charge in [-0.15, -0.1) is 0 Å². The lowest BCUT2D eigenvalue weighted by molar-refractivity contribution is -0.387. The molecule has 16 heavy (non-hydrogen) atoms. The summed E-state index contributed by atoms with van der Waals surface area (Å²) in [5.41, 5.74) is 5.20. The summed E-state index contributed by atoms with van der Waals surface area (Å²) in [5.74, 6) is 0. The standard InChI is InChI=1S/C9H13N3O3S/c1-11(7-6-10)16(15)9-5-3-2-4-8(9)12(13)14/h2-5H,6-7,10H2,1H3. The van der Waals surface area contributed by atoms with Crippen LogP contribution in [0.1, 0.15) is 0 Å². The Kier molecular flexibility index (Phi) is 4.53. The summed E-state index contributed by atoms with van der Waals surface area (Å²) in [7, 11) is 0.0623. The van der Waals surface area contributed by atoms with E-state index in [1.165, 1.54) is 16.4 Å². The Morgan fingerprint density at radius 1 is 1.50 bits per heavy atom. The van der Waals surface area contributed by atoms with Gasteiger partial charge in [-0.25, -0.2) is 8.51 Å². The van der Waals surface area contributed by atoms with E-state index in [1.807, 2.05) is 0 Å². The van der Waals surface area contributed by atoms with Crippen molar-refractivity contribution in [2.24, 2.45) is 5.73 Å². The van der Waals surface area contributed by atoms with Crippen LogP contribution >= 0.6 is 0 Å². The van der Waals surface area contributed by atoms with Crippen molar-refractivity contribution in [1.82, 2.24) is 4.31 Å². The molecule has 0 amide bonds. The van der Waals surface area contributed by atoms with E-state index in [0.717, 1.165) is 0 Å². The molecule has 0 heterocycles. The van der Waals surface area contributed by atoms with Crippen LogP contribution in [0.25, 0.3) is 0 Å². The van der Waals surface area contributed by atoms with Crippen LogP contribution in [-0.4, -0.2) is 33.6 Å². The summed E-state index contributed by atoms with van der Waals surface area (Å²) in [4.78, 5) is 10.4. The quantitative estimate of drug-likeness (QED) is 0.602. The van der Waals surface area contributed by atoms with E-state index in [9.17, 15) is 14.3 Å². The number of hydrogen-bond donors (Lipinski definition) is 1. The molecule has 1 aromatic rings. The first-order valence-corrected chi connectivity index (χ1v) is 5.75. The fraction of sp³-hybridized carbons (Fsp3) is 0.333. The Balaban J connectivity index is 3.03. The van der Waals surface area contributed by atoms with Gasteiger partial charge in [0.1, 0.15) is 15.9 Å². The van der Waals surface area contributed by atoms with E-state index in [-0.39, 0.29) is 10.6 Å². The van der Waals surface area contributed by atoms with Gasteiger partial charge in [0.2, 0.25) is 0 Å². The molecule has 0 spiro atoms. The molecule has 1 unspecified atom stereocenters. The van der Waals surface area contributed by atoms with Crippen molar-refractivity contribution in [3.8, 4) is 0 Å². The van der Waals surface area contributed by atoms with Crippen molar-refractivity contribution in [2.75, 3.05) is 20.1 Å². The smallest absolute Gasteiger partial charge is 0.286 e. The highest BCUT2D eigenvalue weighted by Crippen LogP contribution is 2.22. The van der Waals surface area contributed by atoms with Gasteiger partial charge in [-0.05, 0) is 6.07 Å². The molecule has 0 aliphatic heterocycles. The van der Waals surface area contributed by atoms with Crippen molar-refractivity contribution in [2.45, 2.75) is 4.90 Å². The molecule has 1 atom stereocenters. The Hall–Kier alpha value is -1.31. The van der Waals surface area contributed by atoms with Gasteiger partial charge in [0.05, 0.1) is 4.92 Å². The van der Waals surface area contributed by atoms with E-state index in [1.54, 1.807) is 19.2 Å². The summed E-state index contributed by atoms with van der Waals surface area (Å²) in [6, 6.07) is 5.99. The second-order valence-corrected chi connectivity index (χ2v) is 4.68. The first kappa shape index (κ1) is 12.8. The van der Waals surface area contributed by atoms with Gasteiger partial charge in [0, 0.05) is 26.2 Å². The summed E-state index contributed by atoms with van der Waals surface area (Å²) >= 11 is 0. The van der Waals surface area contributed by atoms with Gasteiger partial charge in [-0.2, -0.15) is 0 Å². The van der Waals surface area contributed by atoms with Crippen LogP contribution in [0.5, 0.6) is 0 Å². The molecule has 0 bridgehead atoms. The summed E-state index contributed by atoms with van der Waals surface area (Å²) < 4.78 is 13.4. The molecule has 7 heteroatoms. The molecule has 0 aromatic heterocycles. The molecule has 0 radical (unpaired) electrons. The molecule has 88 valence electrons. The average molecular weight is 243 g/mol. The third-order valence-corrected chi connectivity index (χ3v) is 3.45. The number of nitro benzene ring substituents is 1. The van der Waals surface area contributed by atoms with E-state index >= 15 is 0 Å². The average Bonchev–Trinajstić information content (AvgIpc) is 2.28. The highest BCUT2D eigenvalue weighted by atomic mass is 32.2. The maximum absolute atomic E-state index is 11.9. The minimum absolute atomic E-state index is 0.135. The first-order chi connectivity index (χ1) is 7.57. The van der Waals surface area contributed by atoms with Crippen molar-refractivity contribution in [3.05, 3.63) is 34.4 Å². The van der Waals surface area contributed by atoms with Crippen molar-refractivity contribution < 1.29 is 9.13 Å². The number of hydrogen-bond acceptors (Lipinski definition) is 4. The molecular weight excluding hydrogens is 230 g/mol. The number of nitrogens with zero attached hydrogens (tertiary/aromatic N) is 2.